The number of nitrogen functional groups attached to an aromatic ring is 1. The van der Waals surface area contributed by atoms with Crippen LogP contribution < -0.4 is 20.9 Å². The van der Waals surface area contributed by atoms with Crippen LogP contribution in [0.15, 0.2) is 48.8 Å². The van der Waals surface area contributed by atoms with Gasteiger partial charge in [-0.1, -0.05) is 35.3 Å². The maximum absolute atomic E-state index is 13.9. The van der Waals surface area contributed by atoms with Crippen LogP contribution in [0.25, 0.3) is 16.8 Å². The van der Waals surface area contributed by atoms with Crippen molar-refractivity contribution in [3.8, 4) is 11.1 Å². The Morgan fingerprint density at radius 2 is 2.00 bits per heavy atom. The Kier molecular flexibility index (Phi) is 4.70. The van der Waals surface area contributed by atoms with Gasteiger partial charge in [0.05, 0.1) is 12.4 Å². The normalized spacial score (nSPS) is 14.2. The fourth-order valence-corrected chi connectivity index (χ4v) is 3.87. The standard InChI is InChI=1S/C22H20FN7O/c23-15-9-14-10-27-20-18(13-5-2-1-3-6-13)19(24)30-21(29-20)16(12-28-30)22(31)25-8-4-7-17(14)26-11-15/h1-3,5-6,9,11-12H,4,7-8,10H2,(H4,24,25,27,28,29,31)/p+1. The number of anilines is 2. The second kappa shape index (κ2) is 7.67. The predicted molar refractivity (Wildman–Crippen MR) is 114 cm³/mol. The molecule has 0 aliphatic carbocycles. The predicted octanol–water partition coefficient (Wildman–Crippen LogP) is 2.22. The number of nitrogens with zero attached hydrogens (tertiary/aromatic N) is 3. The molecule has 2 bridgehead atoms. The third-order valence-corrected chi connectivity index (χ3v) is 5.40. The van der Waals surface area contributed by atoms with Crippen molar-refractivity contribution in [2.45, 2.75) is 19.4 Å². The number of aromatic amines is 1. The summed E-state index contributed by atoms with van der Waals surface area (Å²) in [5, 5.41) is 9.24. The summed E-state index contributed by atoms with van der Waals surface area (Å²) in [7, 11) is 0. The van der Waals surface area contributed by atoms with Gasteiger partial charge in [-0.15, -0.1) is 4.52 Å². The highest BCUT2D eigenvalue weighted by Crippen LogP contribution is 2.31. The molecule has 5 rings (SSSR count). The minimum absolute atomic E-state index is 0.240. The van der Waals surface area contributed by atoms with Crippen molar-refractivity contribution in [2.24, 2.45) is 0 Å². The number of carbonyl (C=O) groups excluding carboxylic acids is 1. The van der Waals surface area contributed by atoms with Gasteiger partial charge in [-0.3, -0.25) is 14.9 Å². The molecule has 0 spiro atoms. The molecule has 0 atom stereocenters. The van der Waals surface area contributed by atoms with Gasteiger partial charge in [-0.25, -0.2) is 4.39 Å². The molecular formula is C22H21FN7O+. The van der Waals surface area contributed by atoms with Gasteiger partial charge in [0.25, 0.3) is 11.7 Å². The second-order valence-electron chi connectivity index (χ2n) is 7.41. The molecule has 0 radical (unpaired) electrons. The van der Waals surface area contributed by atoms with Gasteiger partial charge >= 0.3 is 5.65 Å². The molecule has 3 aromatic heterocycles. The van der Waals surface area contributed by atoms with Crippen LogP contribution in [0, 0.1) is 5.82 Å². The van der Waals surface area contributed by atoms with Crippen LogP contribution >= 0.6 is 0 Å². The van der Waals surface area contributed by atoms with Crippen LogP contribution in [-0.2, 0) is 13.0 Å². The fourth-order valence-electron chi connectivity index (χ4n) is 3.87. The topological polar surface area (TPSA) is 113 Å². The number of pyridine rings is 1. The van der Waals surface area contributed by atoms with Gasteiger partial charge in [0.15, 0.2) is 0 Å². The van der Waals surface area contributed by atoms with Crippen molar-refractivity contribution in [3.05, 3.63) is 71.4 Å². The quantitative estimate of drug-likeness (QED) is 0.354. The van der Waals surface area contributed by atoms with E-state index < -0.39 is 5.82 Å². The van der Waals surface area contributed by atoms with E-state index in [1.807, 2.05) is 30.3 Å². The second-order valence-corrected chi connectivity index (χ2v) is 7.41. The van der Waals surface area contributed by atoms with Crippen molar-refractivity contribution in [1.29, 1.82) is 0 Å². The lowest BCUT2D eigenvalue weighted by molar-refractivity contribution is -0.563. The van der Waals surface area contributed by atoms with Gasteiger partial charge in [0.1, 0.15) is 16.9 Å². The lowest BCUT2D eigenvalue weighted by atomic mass is 10.1. The third-order valence-electron chi connectivity index (χ3n) is 5.40. The number of carbonyl (C=O) groups is 1. The van der Waals surface area contributed by atoms with Crippen LogP contribution in [-0.4, -0.2) is 27.5 Å². The van der Waals surface area contributed by atoms with Crippen LogP contribution in [0.3, 0.4) is 0 Å². The van der Waals surface area contributed by atoms with E-state index in [9.17, 15) is 9.18 Å². The molecule has 4 heterocycles. The highest BCUT2D eigenvalue weighted by atomic mass is 19.1. The maximum Gasteiger partial charge on any atom is 0.301 e. The van der Waals surface area contributed by atoms with Gasteiger partial charge in [0.2, 0.25) is 5.82 Å². The summed E-state index contributed by atoms with van der Waals surface area (Å²) < 4.78 is 15.5. The van der Waals surface area contributed by atoms with Crippen LogP contribution in [0.4, 0.5) is 16.0 Å². The van der Waals surface area contributed by atoms with Crippen LogP contribution in [0.1, 0.15) is 28.0 Å². The number of halogens is 1. The molecule has 0 unspecified atom stereocenters. The first-order chi connectivity index (χ1) is 15.1. The summed E-state index contributed by atoms with van der Waals surface area (Å²) in [6, 6.07) is 11.1. The zero-order valence-electron chi connectivity index (χ0n) is 16.7. The average Bonchev–Trinajstić information content (AvgIpc) is 3.21. The number of nitrogens with two attached hydrogens (primary N) is 1. The van der Waals surface area contributed by atoms with Gasteiger partial charge < -0.3 is 16.4 Å². The molecular weight excluding hydrogens is 397 g/mol. The molecule has 1 aromatic carbocycles. The molecule has 0 fully saturated rings. The van der Waals surface area contributed by atoms with Crippen molar-refractivity contribution in [2.75, 3.05) is 17.6 Å². The summed E-state index contributed by atoms with van der Waals surface area (Å²) in [5.41, 5.74) is 10.4. The number of amides is 1. The lowest BCUT2D eigenvalue weighted by Crippen LogP contribution is -2.32. The first-order valence-corrected chi connectivity index (χ1v) is 10.0. The van der Waals surface area contributed by atoms with Crippen LogP contribution in [0.5, 0.6) is 0 Å². The average molecular weight is 418 g/mol. The van der Waals surface area contributed by atoms with E-state index in [1.165, 1.54) is 12.3 Å². The Morgan fingerprint density at radius 3 is 2.84 bits per heavy atom. The molecule has 8 nitrogen and oxygen atoms in total. The highest BCUT2D eigenvalue weighted by molar-refractivity contribution is 5.99. The highest BCUT2D eigenvalue weighted by Gasteiger charge is 2.27. The number of aromatic nitrogens is 4. The van der Waals surface area contributed by atoms with Crippen molar-refractivity contribution in [1.82, 2.24) is 20.4 Å². The third kappa shape index (κ3) is 3.43. The minimum Gasteiger partial charge on any atom is -0.352 e. The number of benzene rings is 1. The Hall–Kier alpha value is -4.01. The van der Waals surface area contributed by atoms with E-state index in [-0.39, 0.29) is 5.91 Å². The SMILES string of the molecule is Nc1c(-c2ccccc2)c2nc3c(c[nH][n+]13)C(=O)NCCCc1ncc(F)cc1CN2. The molecule has 0 saturated carbocycles. The summed E-state index contributed by atoms with van der Waals surface area (Å²) >= 11 is 0. The van der Waals surface area contributed by atoms with E-state index in [0.717, 1.165) is 16.8 Å². The maximum atomic E-state index is 13.9. The first kappa shape index (κ1) is 19.0. The van der Waals surface area contributed by atoms with Gasteiger partial charge in [-0.05, 0) is 30.0 Å². The number of H-pyrrole nitrogens is 1. The Morgan fingerprint density at radius 1 is 1.16 bits per heavy atom. The summed E-state index contributed by atoms with van der Waals surface area (Å²) in [6.45, 7) is 0.788. The number of aryl methyl sites for hydroxylation is 1. The van der Waals surface area contributed by atoms with Crippen molar-refractivity contribution < 1.29 is 13.7 Å². The zero-order valence-corrected chi connectivity index (χ0v) is 16.7. The number of hydrogen-bond acceptors (Lipinski definition) is 5. The number of nitrogens with one attached hydrogen (secondary N) is 3. The number of rotatable bonds is 1. The number of hydrogen-bond donors (Lipinski definition) is 4. The lowest BCUT2D eigenvalue weighted by Gasteiger charge is -2.12. The molecule has 0 saturated heterocycles. The number of fused-ring (bicyclic) bond motifs is 2. The molecule has 9 heteroatoms. The largest absolute Gasteiger partial charge is 0.352 e. The summed E-state index contributed by atoms with van der Waals surface area (Å²) in [4.78, 5) is 21.7. The molecule has 1 aliphatic heterocycles. The smallest absolute Gasteiger partial charge is 0.301 e. The van der Waals surface area contributed by atoms with Crippen molar-refractivity contribution >= 4 is 23.2 Å². The van der Waals surface area contributed by atoms with Crippen molar-refractivity contribution in [3.63, 3.8) is 0 Å². The van der Waals surface area contributed by atoms with E-state index in [4.69, 9.17) is 10.7 Å². The molecule has 1 amide bonds. The van der Waals surface area contributed by atoms with E-state index >= 15 is 0 Å². The van der Waals surface area contributed by atoms with Crippen LogP contribution in [0.2, 0.25) is 0 Å². The summed E-state index contributed by atoms with van der Waals surface area (Å²) in [6.07, 6.45) is 4.11. The molecule has 4 aromatic rings. The van der Waals surface area contributed by atoms with E-state index in [2.05, 4.69) is 20.7 Å². The van der Waals surface area contributed by atoms with E-state index in [0.29, 0.717) is 54.3 Å². The van der Waals surface area contributed by atoms with Gasteiger partial charge in [-0.2, -0.15) is 0 Å². The summed E-state index contributed by atoms with van der Waals surface area (Å²) in [5.74, 6) is 0.278. The fraction of sp³-hybridized carbons (Fsp3) is 0.182. The molecule has 1 aliphatic rings. The monoisotopic (exact) mass is 418 g/mol. The Balaban J connectivity index is 1.71. The molecule has 31 heavy (non-hydrogen) atoms. The zero-order chi connectivity index (χ0) is 21.4. The Bertz CT molecular complexity index is 1290. The first-order valence-electron chi connectivity index (χ1n) is 10.0. The van der Waals surface area contributed by atoms with E-state index in [1.54, 1.807) is 10.7 Å². The minimum atomic E-state index is -0.396. The van der Waals surface area contributed by atoms with Gasteiger partial charge in [0, 0.05) is 18.8 Å². The molecule has 156 valence electrons. The Labute approximate surface area is 177 Å². The molecule has 5 N–H and O–H groups in total.